The number of aliphatic carboxylic acids is 1. The Bertz CT molecular complexity index is 911. The van der Waals surface area contributed by atoms with Crippen LogP contribution in [0, 0.1) is 0 Å². The molecule has 0 aliphatic carbocycles. The molecule has 0 aliphatic rings. The number of aryl methyl sites for hydroxylation is 1. The van der Waals surface area contributed by atoms with Gasteiger partial charge < -0.3 is 21.1 Å². The van der Waals surface area contributed by atoms with Gasteiger partial charge in [-0.05, 0) is 42.9 Å². The molecule has 2 rings (SSSR count). The molecule has 170 valence electrons. The quantitative estimate of drug-likeness (QED) is 0.384. The fourth-order valence-corrected chi connectivity index (χ4v) is 3.22. The summed E-state index contributed by atoms with van der Waals surface area (Å²) in [6.45, 7) is 5.94. The second-order valence-electron chi connectivity index (χ2n) is 7.71. The molecule has 4 N–H and O–H groups in total. The molecule has 0 spiro atoms. The second kappa shape index (κ2) is 12.9. The molecule has 0 bridgehead atoms. The number of carboxylic acids is 1. The number of hydrogen-bond acceptors (Lipinski definition) is 4. The molecule has 0 aromatic heterocycles. The lowest BCUT2D eigenvalue weighted by Crippen LogP contribution is -2.47. The Kier molecular flexibility index (Phi) is 9.97. The van der Waals surface area contributed by atoms with Crippen molar-refractivity contribution in [3.8, 4) is 0 Å². The molecule has 32 heavy (non-hydrogen) atoms. The summed E-state index contributed by atoms with van der Waals surface area (Å²) in [4.78, 5) is 35.4. The van der Waals surface area contributed by atoms with E-state index in [-0.39, 0.29) is 24.8 Å². The van der Waals surface area contributed by atoms with Gasteiger partial charge in [0.2, 0.25) is 11.8 Å². The molecule has 7 nitrogen and oxygen atoms in total. The number of rotatable bonds is 13. The van der Waals surface area contributed by atoms with E-state index in [1.54, 1.807) is 19.1 Å². The second-order valence-corrected chi connectivity index (χ2v) is 7.71. The minimum absolute atomic E-state index is 0.0106. The molecule has 1 unspecified atom stereocenters. The smallest absolute Gasteiger partial charge is 0.307 e. The van der Waals surface area contributed by atoms with Gasteiger partial charge in [-0.25, -0.2) is 0 Å². The monoisotopic (exact) mass is 437 g/mol. The summed E-state index contributed by atoms with van der Waals surface area (Å²) < 4.78 is 0. The predicted molar refractivity (Wildman–Crippen MR) is 124 cm³/mol. The van der Waals surface area contributed by atoms with Crippen LogP contribution in [0.2, 0.25) is 0 Å². The van der Waals surface area contributed by atoms with Gasteiger partial charge in [0.1, 0.15) is 6.04 Å². The van der Waals surface area contributed by atoms with Gasteiger partial charge in [-0.1, -0.05) is 61.2 Å². The zero-order chi connectivity index (χ0) is 23.3. The van der Waals surface area contributed by atoms with E-state index in [1.807, 2.05) is 42.5 Å². The van der Waals surface area contributed by atoms with E-state index in [0.717, 1.165) is 23.1 Å². The number of nitrogens with one attached hydrogen (secondary N) is 3. The van der Waals surface area contributed by atoms with E-state index in [1.165, 1.54) is 0 Å². The molecular weight excluding hydrogens is 406 g/mol. The highest BCUT2D eigenvalue weighted by Crippen LogP contribution is 2.07. The van der Waals surface area contributed by atoms with E-state index in [4.69, 9.17) is 5.11 Å². The number of benzene rings is 2. The molecule has 0 saturated carbocycles. The molecule has 0 aliphatic heterocycles. The Hall–Kier alpha value is -3.61. The topological polar surface area (TPSA) is 108 Å². The largest absolute Gasteiger partial charge is 0.481 e. The molecule has 0 radical (unpaired) electrons. The van der Waals surface area contributed by atoms with Crippen molar-refractivity contribution in [3.05, 3.63) is 83.6 Å². The number of carbonyl (C=O) groups excluding carboxylic acids is 2. The summed E-state index contributed by atoms with van der Waals surface area (Å²) >= 11 is 0. The summed E-state index contributed by atoms with van der Waals surface area (Å²) in [7, 11) is 0. The van der Waals surface area contributed by atoms with Crippen LogP contribution in [0.3, 0.4) is 0 Å². The predicted octanol–water partition coefficient (Wildman–Crippen LogP) is 2.21. The van der Waals surface area contributed by atoms with E-state index < -0.39 is 12.0 Å². The van der Waals surface area contributed by atoms with Crippen molar-refractivity contribution in [2.75, 3.05) is 13.1 Å². The van der Waals surface area contributed by atoms with E-state index in [9.17, 15) is 14.4 Å². The van der Waals surface area contributed by atoms with Gasteiger partial charge in [0.05, 0.1) is 13.0 Å². The van der Waals surface area contributed by atoms with Crippen molar-refractivity contribution in [1.29, 1.82) is 0 Å². The first-order valence-corrected chi connectivity index (χ1v) is 10.6. The van der Waals surface area contributed by atoms with E-state index in [0.29, 0.717) is 25.1 Å². The molecule has 0 saturated heterocycles. The van der Waals surface area contributed by atoms with Crippen LogP contribution in [0.4, 0.5) is 0 Å². The number of amides is 2. The van der Waals surface area contributed by atoms with Crippen LogP contribution in [-0.4, -0.2) is 42.0 Å². The van der Waals surface area contributed by atoms with Gasteiger partial charge in [-0.2, -0.15) is 0 Å². The van der Waals surface area contributed by atoms with Gasteiger partial charge in [0.25, 0.3) is 0 Å². The lowest BCUT2D eigenvalue weighted by Gasteiger charge is -2.19. The van der Waals surface area contributed by atoms with Gasteiger partial charge in [-0.3, -0.25) is 14.4 Å². The van der Waals surface area contributed by atoms with Crippen molar-refractivity contribution in [3.63, 3.8) is 0 Å². The Labute approximate surface area is 188 Å². The van der Waals surface area contributed by atoms with Crippen LogP contribution in [0.1, 0.15) is 30.0 Å². The Balaban J connectivity index is 1.73. The molecule has 7 heteroatoms. The summed E-state index contributed by atoms with van der Waals surface area (Å²) in [5.74, 6) is -1.38. The molecule has 2 amide bonds. The van der Waals surface area contributed by atoms with Crippen molar-refractivity contribution < 1.29 is 19.5 Å². The third-order valence-electron chi connectivity index (χ3n) is 4.84. The van der Waals surface area contributed by atoms with Gasteiger partial charge in [0.15, 0.2) is 0 Å². The minimum Gasteiger partial charge on any atom is -0.481 e. The van der Waals surface area contributed by atoms with Crippen LogP contribution in [-0.2, 0) is 33.6 Å². The minimum atomic E-state index is -0.868. The van der Waals surface area contributed by atoms with Gasteiger partial charge in [0, 0.05) is 12.2 Å². The highest BCUT2D eigenvalue weighted by Gasteiger charge is 2.18. The van der Waals surface area contributed by atoms with Gasteiger partial charge in [-0.15, -0.1) is 0 Å². The number of carboxylic acid groups (broad SMARTS) is 1. The van der Waals surface area contributed by atoms with Crippen LogP contribution in [0.15, 0.2) is 66.9 Å². The van der Waals surface area contributed by atoms with Crippen LogP contribution in [0.5, 0.6) is 0 Å². The molecule has 0 heterocycles. The fraction of sp³-hybridized carbons (Fsp3) is 0.320. The maximum Gasteiger partial charge on any atom is 0.307 e. The number of hydrogen-bond donors (Lipinski definition) is 4. The van der Waals surface area contributed by atoms with Crippen molar-refractivity contribution >= 4 is 17.8 Å². The molecule has 1 atom stereocenters. The molecule has 2 aromatic carbocycles. The first-order chi connectivity index (χ1) is 15.3. The van der Waals surface area contributed by atoms with Crippen molar-refractivity contribution in [1.82, 2.24) is 16.0 Å². The van der Waals surface area contributed by atoms with Crippen LogP contribution < -0.4 is 16.0 Å². The number of carbonyl (C=O) groups is 3. The maximum absolute atomic E-state index is 12.6. The summed E-state index contributed by atoms with van der Waals surface area (Å²) in [5.41, 5.74) is 3.56. The third-order valence-corrected chi connectivity index (χ3v) is 4.84. The zero-order valence-corrected chi connectivity index (χ0v) is 18.4. The summed E-state index contributed by atoms with van der Waals surface area (Å²) in [6.07, 6.45) is 1.92. The normalized spacial score (nSPS) is 11.3. The van der Waals surface area contributed by atoms with E-state index in [2.05, 4.69) is 22.5 Å². The summed E-state index contributed by atoms with van der Waals surface area (Å²) in [5, 5.41) is 17.4. The lowest BCUT2D eigenvalue weighted by molar-refractivity contribution is -0.136. The van der Waals surface area contributed by atoms with Crippen molar-refractivity contribution in [2.24, 2.45) is 0 Å². The SMILES string of the molecule is C=C(C)NC(CCc1ccccc1)C(=O)NCC(=O)NCCc1ccc(CC(=O)O)cc1. The Morgan fingerprint density at radius 3 is 2.16 bits per heavy atom. The van der Waals surface area contributed by atoms with E-state index >= 15 is 0 Å². The molecule has 0 fully saturated rings. The molecule has 2 aromatic rings. The van der Waals surface area contributed by atoms with Crippen molar-refractivity contribution in [2.45, 2.75) is 38.6 Å². The molecular formula is C25H31N3O4. The number of allylic oxidation sites excluding steroid dienone is 1. The first-order valence-electron chi connectivity index (χ1n) is 10.6. The lowest BCUT2D eigenvalue weighted by atomic mass is 10.0. The highest BCUT2D eigenvalue weighted by molar-refractivity contribution is 5.87. The van der Waals surface area contributed by atoms with Crippen LogP contribution in [0.25, 0.3) is 0 Å². The average molecular weight is 438 g/mol. The Morgan fingerprint density at radius 2 is 1.53 bits per heavy atom. The zero-order valence-electron chi connectivity index (χ0n) is 18.4. The van der Waals surface area contributed by atoms with Gasteiger partial charge >= 0.3 is 5.97 Å². The average Bonchev–Trinajstić information content (AvgIpc) is 2.76. The third kappa shape index (κ3) is 9.47. The standard InChI is InChI=1S/C25H31N3O4/c1-18(2)28-22(13-12-19-6-4-3-5-7-19)25(32)27-17-23(29)26-15-14-20-8-10-21(11-9-20)16-24(30)31/h3-11,22,28H,1,12-17H2,2H3,(H,26,29)(H,27,32)(H,30,31). The first kappa shape index (κ1) is 24.7. The van der Waals surface area contributed by atoms with Crippen LogP contribution >= 0.6 is 0 Å². The fourth-order valence-electron chi connectivity index (χ4n) is 3.22. The Morgan fingerprint density at radius 1 is 0.906 bits per heavy atom. The summed E-state index contributed by atoms with van der Waals surface area (Å²) in [6, 6.07) is 16.7. The maximum atomic E-state index is 12.6. The highest BCUT2D eigenvalue weighted by atomic mass is 16.4.